The monoisotopic (exact) mass is 558 g/mol. The van der Waals surface area contributed by atoms with Gasteiger partial charge in [-0.25, -0.2) is 4.98 Å². The number of hydrogen-bond acceptors (Lipinski definition) is 6. The Labute approximate surface area is 243 Å². The van der Waals surface area contributed by atoms with Crippen molar-refractivity contribution in [1.82, 2.24) is 24.8 Å². The van der Waals surface area contributed by atoms with Crippen molar-refractivity contribution in [2.24, 2.45) is 0 Å². The van der Waals surface area contributed by atoms with Gasteiger partial charge in [-0.2, -0.15) is 4.98 Å². The summed E-state index contributed by atoms with van der Waals surface area (Å²) in [7, 11) is 0. The van der Waals surface area contributed by atoms with Gasteiger partial charge in [0.25, 0.3) is 17.4 Å². The summed E-state index contributed by atoms with van der Waals surface area (Å²) in [6, 6.07) is 29.2. The van der Waals surface area contributed by atoms with Gasteiger partial charge in [0.2, 0.25) is 5.95 Å². The molecule has 1 saturated heterocycles. The lowest BCUT2D eigenvalue weighted by atomic mass is 10.1. The van der Waals surface area contributed by atoms with E-state index in [1.807, 2.05) is 77.4 Å². The van der Waals surface area contributed by atoms with Crippen LogP contribution >= 0.6 is 0 Å². The highest BCUT2D eigenvalue weighted by atomic mass is 16.2. The number of anilines is 1. The Morgan fingerprint density at radius 2 is 1.43 bits per heavy atom. The number of benzene rings is 3. The fourth-order valence-electron chi connectivity index (χ4n) is 5.16. The first-order valence-corrected chi connectivity index (χ1v) is 13.9. The van der Waals surface area contributed by atoms with E-state index in [1.54, 1.807) is 34.9 Å². The van der Waals surface area contributed by atoms with E-state index in [2.05, 4.69) is 5.32 Å². The lowest BCUT2D eigenvalue weighted by molar-refractivity contribution is 0.0746. The molecule has 0 unspecified atom stereocenters. The molecule has 42 heavy (non-hydrogen) atoms. The van der Waals surface area contributed by atoms with E-state index < -0.39 is 0 Å². The van der Waals surface area contributed by atoms with E-state index >= 15 is 0 Å². The van der Waals surface area contributed by atoms with Crippen LogP contribution < -0.4 is 15.8 Å². The van der Waals surface area contributed by atoms with E-state index in [0.717, 1.165) is 16.6 Å². The molecule has 9 heteroatoms. The maximum absolute atomic E-state index is 13.1. The number of amides is 2. The molecule has 0 bridgehead atoms. The minimum atomic E-state index is -0.230. The lowest BCUT2D eigenvalue weighted by Gasteiger charge is -2.35. The van der Waals surface area contributed by atoms with Crippen molar-refractivity contribution in [3.05, 3.63) is 130 Å². The van der Waals surface area contributed by atoms with Crippen molar-refractivity contribution < 1.29 is 9.59 Å². The second-order valence-corrected chi connectivity index (χ2v) is 10.2. The molecule has 2 aromatic heterocycles. The van der Waals surface area contributed by atoms with Crippen LogP contribution in [0.2, 0.25) is 0 Å². The number of piperazine rings is 1. The number of nitrogens with one attached hydrogen (secondary N) is 1. The maximum atomic E-state index is 13.1. The summed E-state index contributed by atoms with van der Waals surface area (Å²) in [6.07, 6.45) is 0. The first-order chi connectivity index (χ1) is 20.5. The molecular weight excluding hydrogens is 528 g/mol. The van der Waals surface area contributed by atoms with Crippen molar-refractivity contribution >= 4 is 28.8 Å². The van der Waals surface area contributed by atoms with Gasteiger partial charge in [-0.05, 0) is 55.0 Å². The number of aryl methyl sites for hydroxylation is 1. The van der Waals surface area contributed by atoms with Crippen molar-refractivity contribution in [2.75, 3.05) is 31.1 Å². The largest absolute Gasteiger partial charge is 0.348 e. The predicted molar refractivity (Wildman–Crippen MR) is 162 cm³/mol. The summed E-state index contributed by atoms with van der Waals surface area (Å²) >= 11 is 0. The lowest BCUT2D eigenvalue weighted by Crippen LogP contribution is -2.49. The van der Waals surface area contributed by atoms with Crippen LogP contribution in [-0.4, -0.2) is 57.4 Å². The first kappa shape index (κ1) is 26.9. The van der Waals surface area contributed by atoms with E-state index in [1.165, 1.54) is 6.07 Å². The standard InChI is InChI=1S/C33H30N6O3/c1-23-28-16-17-29(40)39(27-14-12-25(13-15-27)31(41)34-22-24-8-4-2-5-9-24)30(28)36-33(35-23)38-20-18-37(19-21-38)32(42)26-10-6-3-7-11-26/h2-17H,18-22H2,1H3,(H,34,41). The van der Waals surface area contributed by atoms with Crippen molar-refractivity contribution in [3.63, 3.8) is 0 Å². The molecule has 2 amide bonds. The fourth-order valence-corrected chi connectivity index (χ4v) is 5.16. The Bertz CT molecular complexity index is 1800. The van der Waals surface area contributed by atoms with Gasteiger partial charge in [-0.15, -0.1) is 0 Å². The number of hydrogen-bond donors (Lipinski definition) is 1. The second kappa shape index (κ2) is 11.7. The van der Waals surface area contributed by atoms with Gasteiger partial charge in [0, 0.05) is 55.3 Å². The number of pyridine rings is 1. The van der Waals surface area contributed by atoms with Crippen molar-refractivity contribution in [1.29, 1.82) is 0 Å². The Balaban J connectivity index is 1.23. The third-order valence-electron chi connectivity index (χ3n) is 7.48. The van der Waals surface area contributed by atoms with E-state index in [0.29, 0.717) is 61.1 Å². The van der Waals surface area contributed by atoms with Crippen molar-refractivity contribution in [2.45, 2.75) is 13.5 Å². The molecule has 5 aromatic rings. The third-order valence-corrected chi connectivity index (χ3v) is 7.48. The van der Waals surface area contributed by atoms with E-state index in [-0.39, 0.29) is 17.4 Å². The average molecular weight is 559 g/mol. The van der Waals surface area contributed by atoms with Crippen molar-refractivity contribution in [3.8, 4) is 5.69 Å². The molecule has 9 nitrogen and oxygen atoms in total. The summed E-state index contributed by atoms with van der Waals surface area (Å²) in [5, 5.41) is 3.69. The normalized spacial score (nSPS) is 13.3. The van der Waals surface area contributed by atoms with Gasteiger partial charge in [0.15, 0.2) is 5.65 Å². The Morgan fingerprint density at radius 1 is 0.762 bits per heavy atom. The molecular formula is C33H30N6O3. The zero-order chi connectivity index (χ0) is 29.1. The van der Waals surface area contributed by atoms with Gasteiger partial charge in [-0.3, -0.25) is 19.0 Å². The number of rotatable bonds is 6. The van der Waals surface area contributed by atoms with Crippen LogP contribution in [0.15, 0.2) is 102 Å². The highest BCUT2D eigenvalue weighted by Gasteiger charge is 2.24. The molecule has 1 fully saturated rings. The molecule has 1 aliphatic rings. The minimum Gasteiger partial charge on any atom is -0.348 e. The zero-order valence-electron chi connectivity index (χ0n) is 23.2. The van der Waals surface area contributed by atoms with Crippen LogP contribution in [-0.2, 0) is 6.54 Å². The highest BCUT2D eigenvalue weighted by Crippen LogP contribution is 2.22. The average Bonchev–Trinajstić information content (AvgIpc) is 3.04. The van der Waals surface area contributed by atoms with Gasteiger partial charge < -0.3 is 15.1 Å². The number of carbonyl (C=O) groups excluding carboxylic acids is 2. The van der Waals surface area contributed by atoms with Crippen LogP contribution in [0.3, 0.4) is 0 Å². The summed E-state index contributed by atoms with van der Waals surface area (Å²) < 4.78 is 1.55. The summed E-state index contributed by atoms with van der Waals surface area (Å²) in [5.41, 5.74) is 3.81. The molecule has 0 spiro atoms. The number of nitrogens with zero attached hydrogens (tertiary/aromatic N) is 5. The molecule has 1 N–H and O–H groups in total. The topological polar surface area (TPSA) is 100 Å². The van der Waals surface area contributed by atoms with E-state index in [9.17, 15) is 14.4 Å². The number of carbonyl (C=O) groups is 2. The molecule has 0 radical (unpaired) electrons. The number of fused-ring (bicyclic) bond motifs is 1. The predicted octanol–water partition coefficient (Wildman–Crippen LogP) is 3.98. The molecule has 0 atom stereocenters. The van der Waals surface area contributed by atoms with Crippen LogP contribution in [0.5, 0.6) is 0 Å². The molecule has 3 aromatic carbocycles. The molecule has 1 aliphatic heterocycles. The quantitative estimate of drug-likeness (QED) is 0.339. The van der Waals surface area contributed by atoms with Gasteiger partial charge in [0.05, 0.1) is 11.4 Å². The SMILES string of the molecule is Cc1nc(N2CCN(C(=O)c3ccccc3)CC2)nc2c1ccc(=O)n2-c1ccc(C(=O)NCc2ccccc2)cc1. The van der Waals surface area contributed by atoms with Crippen LogP contribution in [0.1, 0.15) is 32.0 Å². The van der Waals surface area contributed by atoms with Gasteiger partial charge >= 0.3 is 0 Å². The maximum Gasteiger partial charge on any atom is 0.256 e. The smallest absolute Gasteiger partial charge is 0.256 e. The molecule has 0 saturated carbocycles. The Kier molecular flexibility index (Phi) is 7.47. The Morgan fingerprint density at radius 3 is 2.12 bits per heavy atom. The second-order valence-electron chi connectivity index (χ2n) is 10.2. The van der Waals surface area contributed by atoms with Crippen LogP contribution in [0.25, 0.3) is 16.7 Å². The van der Waals surface area contributed by atoms with E-state index in [4.69, 9.17) is 9.97 Å². The summed E-state index contributed by atoms with van der Waals surface area (Å²) in [5.74, 6) is 0.334. The number of aromatic nitrogens is 3. The van der Waals surface area contributed by atoms with Gasteiger partial charge in [0.1, 0.15) is 0 Å². The Hall–Kier alpha value is -5.31. The molecule has 210 valence electrons. The van der Waals surface area contributed by atoms with Crippen LogP contribution in [0, 0.1) is 6.92 Å². The third kappa shape index (κ3) is 5.49. The molecule has 3 heterocycles. The molecule has 0 aliphatic carbocycles. The summed E-state index contributed by atoms with van der Waals surface area (Å²) in [6.45, 7) is 4.57. The highest BCUT2D eigenvalue weighted by molar-refractivity contribution is 5.95. The minimum absolute atomic E-state index is 0.0110. The van der Waals surface area contributed by atoms with Gasteiger partial charge in [-0.1, -0.05) is 48.5 Å². The first-order valence-electron chi connectivity index (χ1n) is 13.9. The zero-order valence-corrected chi connectivity index (χ0v) is 23.2. The fraction of sp³-hybridized carbons (Fsp3) is 0.182. The van der Waals surface area contributed by atoms with Crippen LogP contribution in [0.4, 0.5) is 5.95 Å². The molecule has 6 rings (SSSR count). The summed E-state index contributed by atoms with van der Waals surface area (Å²) in [4.78, 5) is 52.2.